The molecule has 0 radical (unpaired) electrons. The van der Waals surface area contributed by atoms with E-state index in [4.69, 9.17) is 4.74 Å². The lowest BCUT2D eigenvalue weighted by atomic mass is 10.2. The molecule has 1 amide bonds. The fourth-order valence-electron chi connectivity index (χ4n) is 3.00. The second kappa shape index (κ2) is 9.13. The Labute approximate surface area is 196 Å². The third-order valence-corrected chi connectivity index (χ3v) is 5.95. The van der Waals surface area contributed by atoms with Gasteiger partial charge in [-0.3, -0.25) is 9.78 Å². The third kappa shape index (κ3) is 5.27. The Balaban J connectivity index is 1.58. The van der Waals surface area contributed by atoms with Crippen LogP contribution in [0.4, 0.5) is 19.1 Å². The summed E-state index contributed by atoms with van der Waals surface area (Å²) in [4.78, 5) is 18.7. The Hall–Kier alpha value is -4.33. The number of nitrogens with one attached hydrogen (secondary N) is 2. The first-order valence-electron chi connectivity index (χ1n) is 9.76. The molecule has 2 aromatic heterocycles. The molecule has 14 heteroatoms. The molecule has 0 aliphatic carbocycles. The van der Waals surface area contributed by atoms with Gasteiger partial charge < -0.3 is 10.1 Å². The van der Waals surface area contributed by atoms with Crippen LogP contribution < -0.4 is 14.8 Å². The monoisotopic (exact) mass is 504 g/mol. The Morgan fingerprint density at radius 1 is 0.971 bits per heavy atom. The highest BCUT2D eigenvalue weighted by molar-refractivity contribution is 7.92. The second-order valence-electron chi connectivity index (χ2n) is 6.94. The van der Waals surface area contributed by atoms with Crippen LogP contribution in [-0.4, -0.2) is 41.5 Å². The molecule has 0 atom stereocenters. The molecule has 0 spiro atoms. The molecule has 2 N–H and O–H groups in total. The summed E-state index contributed by atoms with van der Waals surface area (Å²) in [6.07, 6.45) is -3.47. The van der Waals surface area contributed by atoms with Crippen molar-refractivity contribution < 1.29 is 31.1 Å². The highest BCUT2D eigenvalue weighted by Crippen LogP contribution is 2.34. The Kier molecular flexibility index (Phi) is 6.22. The first kappa shape index (κ1) is 23.8. The number of carbonyl (C=O) groups excluding carboxylic acids is 1. The number of carbonyl (C=O) groups is 1. The van der Waals surface area contributed by atoms with Crippen molar-refractivity contribution in [2.75, 3.05) is 11.8 Å². The van der Waals surface area contributed by atoms with Crippen molar-refractivity contribution in [1.82, 2.24) is 25.5 Å². The van der Waals surface area contributed by atoms with Crippen LogP contribution in [0.25, 0.3) is 11.0 Å². The highest BCUT2D eigenvalue weighted by atomic mass is 32.2. The maximum absolute atomic E-state index is 13.2. The number of amides is 1. The van der Waals surface area contributed by atoms with Gasteiger partial charge in [-0.1, -0.05) is 12.1 Å². The number of anilines is 1. The summed E-state index contributed by atoms with van der Waals surface area (Å²) in [5.41, 5.74) is -0.744. The smallest absolute Gasteiger partial charge is 0.417 e. The van der Waals surface area contributed by atoms with Crippen molar-refractivity contribution in [3.05, 3.63) is 72.1 Å². The van der Waals surface area contributed by atoms with E-state index >= 15 is 0 Å². The molecule has 0 fully saturated rings. The van der Waals surface area contributed by atoms with E-state index in [-0.39, 0.29) is 16.7 Å². The minimum absolute atomic E-state index is 0.149. The fourth-order valence-corrected chi connectivity index (χ4v) is 4.16. The zero-order chi connectivity index (χ0) is 25.2. The van der Waals surface area contributed by atoms with Gasteiger partial charge in [0.1, 0.15) is 22.7 Å². The predicted molar refractivity (Wildman–Crippen MR) is 117 cm³/mol. The van der Waals surface area contributed by atoms with Gasteiger partial charge >= 0.3 is 6.18 Å². The number of benzene rings is 2. The van der Waals surface area contributed by atoms with E-state index < -0.39 is 38.5 Å². The SMILES string of the molecule is CNC(=O)c1cc(Oc2ccc3nc(NS(=O)(=O)c4ccccc4C(F)(F)F)nnc3c2)ccn1. The molecule has 0 bridgehead atoms. The topological polar surface area (TPSA) is 136 Å². The van der Waals surface area contributed by atoms with Crippen molar-refractivity contribution in [2.24, 2.45) is 0 Å². The van der Waals surface area contributed by atoms with Crippen LogP contribution in [0.3, 0.4) is 0 Å². The van der Waals surface area contributed by atoms with E-state index in [9.17, 15) is 26.4 Å². The minimum Gasteiger partial charge on any atom is -0.457 e. The fraction of sp³-hybridized carbons (Fsp3) is 0.0952. The van der Waals surface area contributed by atoms with E-state index in [1.54, 1.807) is 0 Å². The number of aromatic nitrogens is 4. The number of nitrogens with zero attached hydrogens (tertiary/aromatic N) is 4. The van der Waals surface area contributed by atoms with Crippen LogP contribution in [0, 0.1) is 0 Å². The quantitative estimate of drug-likeness (QED) is 0.408. The summed E-state index contributed by atoms with van der Waals surface area (Å²) >= 11 is 0. The molecule has 4 rings (SSSR count). The number of hydrogen-bond acceptors (Lipinski definition) is 8. The number of halogens is 3. The van der Waals surface area contributed by atoms with Gasteiger partial charge in [-0.15, -0.1) is 10.2 Å². The van der Waals surface area contributed by atoms with E-state index in [0.717, 1.165) is 12.1 Å². The van der Waals surface area contributed by atoms with E-state index in [2.05, 4.69) is 25.5 Å². The van der Waals surface area contributed by atoms with Gasteiger partial charge in [0.05, 0.1) is 16.0 Å². The van der Waals surface area contributed by atoms with Crippen molar-refractivity contribution in [1.29, 1.82) is 0 Å². The van der Waals surface area contributed by atoms with Gasteiger partial charge in [-0.2, -0.15) is 13.2 Å². The predicted octanol–water partition coefficient (Wildman–Crippen LogP) is 3.39. The Morgan fingerprint density at radius 2 is 1.71 bits per heavy atom. The average molecular weight is 504 g/mol. The molecule has 180 valence electrons. The number of fused-ring (bicyclic) bond motifs is 1. The summed E-state index contributed by atoms with van der Waals surface area (Å²) < 4.78 is 72.5. The normalized spacial score (nSPS) is 11.8. The van der Waals surface area contributed by atoms with Crippen LogP contribution >= 0.6 is 0 Å². The van der Waals surface area contributed by atoms with E-state index in [1.165, 1.54) is 49.6 Å². The first-order chi connectivity index (χ1) is 16.6. The van der Waals surface area contributed by atoms with Gasteiger partial charge in [-0.05, 0) is 30.3 Å². The Morgan fingerprint density at radius 3 is 2.46 bits per heavy atom. The molecule has 0 aliphatic rings. The van der Waals surface area contributed by atoms with Crippen LogP contribution in [0.5, 0.6) is 11.5 Å². The van der Waals surface area contributed by atoms with Crippen LogP contribution in [0.2, 0.25) is 0 Å². The summed E-state index contributed by atoms with van der Waals surface area (Å²) in [7, 11) is -3.19. The standard InChI is InChI=1S/C21H15F3N6O4S/c1-25-19(31)17-11-13(8-9-26-17)34-12-6-7-15-16(10-12)28-29-20(27-15)30-35(32,33)18-5-3-2-4-14(18)21(22,23)24/h2-11H,1H3,(H,25,31)(H,27,29,30). The van der Waals surface area contributed by atoms with Crippen molar-refractivity contribution in [3.8, 4) is 11.5 Å². The van der Waals surface area contributed by atoms with E-state index in [0.29, 0.717) is 17.6 Å². The Bertz CT molecular complexity index is 1530. The van der Waals surface area contributed by atoms with Gasteiger partial charge in [0.15, 0.2) is 0 Å². The molecule has 2 aromatic carbocycles. The number of ether oxygens (including phenoxy) is 1. The maximum Gasteiger partial charge on any atom is 0.417 e. The zero-order valence-corrected chi connectivity index (χ0v) is 18.6. The molecule has 10 nitrogen and oxygen atoms in total. The van der Waals surface area contributed by atoms with Crippen molar-refractivity contribution in [3.63, 3.8) is 0 Å². The third-order valence-electron chi connectivity index (χ3n) is 4.56. The lowest BCUT2D eigenvalue weighted by Crippen LogP contribution is -2.20. The molecule has 0 unspecified atom stereocenters. The first-order valence-corrected chi connectivity index (χ1v) is 11.2. The van der Waals surface area contributed by atoms with Gasteiger partial charge in [0.25, 0.3) is 21.9 Å². The number of hydrogen-bond donors (Lipinski definition) is 2. The average Bonchev–Trinajstić information content (AvgIpc) is 2.83. The summed E-state index contributed by atoms with van der Waals surface area (Å²) in [5, 5.41) is 9.98. The molecular weight excluding hydrogens is 489 g/mol. The molecule has 0 saturated heterocycles. The summed E-state index contributed by atoms with van der Waals surface area (Å²) in [5.74, 6) is -0.258. The van der Waals surface area contributed by atoms with Gasteiger partial charge in [-0.25, -0.2) is 18.1 Å². The number of rotatable bonds is 6. The molecule has 2 heterocycles. The molecule has 35 heavy (non-hydrogen) atoms. The number of alkyl halides is 3. The van der Waals surface area contributed by atoms with Gasteiger partial charge in [0.2, 0.25) is 0 Å². The van der Waals surface area contributed by atoms with Crippen LogP contribution in [-0.2, 0) is 16.2 Å². The van der Waals surface area contributed by atoms with E-state index in [1.807, 2.05) is 4.72 Å². The highest BCUT2D eigenvalue weighted by Gasteiger charge is 2.37. The van der Waals surface area contributed by atoms with Gasteiger partial charge in [0, 0.05) is 25.4 Å². The maximum atomic E-state index is 13.2. The van der Waals surface area contributed by atoms with Crippen molar-refractivity contribution in [2.45, 2.75) is 11.1 Å². The second-order valence-corrected chi connectivity index (χ2v) is 8.59. The van der Waals surface area contributed by atoms with Crippen LogP contribution in [0.1, 0.15) is 16.1 Å². The minimum atomic E-state index is -4.87. The number of sulfonamides is 1. The zero-order valence-electron chi connectivity index (χ0n) is 17.7. The number of pyridine rings is 1. The lowest BCUT2D eigenvalue weighted by molar-refractivity contribution is -0.139. The summed E-state index contributed by atoms with van der Waals surface area (Å²) in [6, 6.07) is 11.2. The molecule has 0 aliphatic heterocycles. The molecule has 0 saturated carbocycles. The largest absolute Gasteiger partial charge is 0.457 e. The molecular formula is C21H15F3N6O4S. The van der Waals surface area contributed by atoms with Crippen molar-refractivity contribution >= 4 is 32.9 Å². The molecule has 4 aromatic rings. The summed E-state index contributed by atoms with van der Waals surface area (Å²) in [6.45, 7) is 0. The lowest BCUT2D eigenvalue weighted by Gasteiger charge is -2.13. The van der Waals surface area contributed by atoms with Crippen LogP contribution in [0.15, 0.2) is 65.7 Å².